The van der Waals surface area contributed by atoms with Gasteiger partial charge in [-0.25, -0.2) is 0 Å². The first-order chi connectivity index (χ1) is 19.4. The molecule has 0 N–H and O–H groups in total. The molecule has 0 spiro atoms. The lowest BCUT2D eigenvalue weighted by atomic mass is 9.85. The maximum atomic E-state index is 2.32. The SMILES string of the molecule is c1ccc(-c2c3ccccc3c(-c3cccc4sc5c(-c6ccccc6)cccc5c34)c3ccccc23)cc1. The predicted octanol–water partition coefficient (Wildman–Crippen LogP) is 11.4. The van der Waals surface area contributed by atoms with Crippen LogP contribution in [0, 0.1) is 0 Å². The average molecular weight is 513 g/mol. The Hall–Kier alpha value is -4.72. The van der Waals surface area contributed by atoms with E-state index >= 15 is 0 Å². The first kappa shape index (κ1) is 22.3. The van der Waals surface area contributed by atoms with Gasteiger partial charge < -0.3 is 0 Å². The fourth-order valence-electron chi connectivity index (χ4n) is 6.24. The van der Waals surface area contributed by atoms with Gasteiger partial charge in [0.1, 0.15) is 0 Å². The fourth-order valence-corrected chi connectivity index (χ4v) is 7.50. The largest absolute Gasteiger partial charge is 0.135 e. The molecule has 0 atom stereocenters. The predicted molar refractivity (Wildman–Crippen MR) is 171 cm³/mol. The summed E-state index contributed by atoms with van der Waals surface area (Å²) in [5.74, 6) is 0. The summed E-state index contributed by atoms with van der Waals surface area (Å²) in [6.07, 6.45) is 0. The van der Waals surface area contributed by atoms with Crippen molar-refractivity contribution in [2.24, 2.45) is 0 Å². The summed E-state index contributed by atoms with van der Waals surface area (Å²) in [6, 6.07) is 53.0. The van der Waals surface area contributed by atoms with Gasteiger partial charge in [-0.2, -0.15) is 0 Å². The van der Waals surface area contributed by atoms with E-state index in [0.29, 0.717) is 0 Å². The van der Waals surface area contributed by atoms with Crippen LogP contribution in [0.15, 0.2) is 146 Å². The quantitative estimate of drug-likeness (QED) is 0.207. The number of hydrogen-bond acceptors (Lipinski definition) is 1. The van der Waals surface area contributed by atoms with Crippen LogP contribution < -0.4 is 0 Å². The molecule has 0 aliphatic heterocycles. The molecule has 0 bridgehead atoms. The zero-order chi connectivity index (χ0) is 25.8. The summed E-state index contributed by atoms with van der Waals surface area (Å²) in [5, 5.41) is 7.84. The second-order valence-electron chi connectivity index (χ2n) is 10.0. The first-order valence-electron chi connectivity index (χ1n) is 13.4. The Morgan fingerprint density at radius 2 is 0.821 bits per heavy atom. The van der Waals surface area contributed by atoms with Crippen molar-refractivity contribution in [1.29, 1.82) is 0 Å². The highest BCUT2D eigenvalue weighted by molar-refractivity contribution is 7.26. The lowest BCUT2D eigenvalue weighted by molar-refractivity contribution is 1.67. The summed E-state index contributed by atoms with van der Waals surface area (Å²) in [5.41, 5.74) is 7.74. The molecule has 7 aromatic carbocycles. The number of fused-ring (bicyclic) bond motifs is 5. The molecule has 1 heteroatoms. The van der Waals surface area contributed by atoms with Crippen LogP contribution in [0.3, 0.4) is 0 Å². The third-order valence-electron chi connectivity index (χ3n) is 7.87. The van der Waals surface area contributed by atoms with E-state index in [2.05, 4.69) is 146 Å². The molecule has 0 aliphatic carbocycles. The fraction of sp³-hybridized carbons (Fsp3) is 0. The van der Waals surface area contributed by atoms with Crippen LogP contribution >= 0.6 is 11.3 Å². The monoisotopic (exact) mass is 512 g/mol. The van der Waals surface area contributed by atoms with Crippen molar-refractivity contribution in [3.05, 3.63) is 146 Å². The van der Waals surface area contributed by atoms with Gasteiger partial charge in [0.05, 0.1) is 0 Å². The van der Waals surface area contributed by atoms with E-state index in [0.717, 1.165) is 0 Å². The van der Waals surface area contributed by atoms with E-state index in [-0.39, 0.29) is 0 Å². The van der Waals surface area contributed by atoms with Gasteiger partial charge in [0, 0.05) is 20.2 Å². The topological polar surface area (TPSA) is 0 Å². The highest BCUT2D eigenvalue weighted by Crippen LogP contribution is 2.48. The Kier molecular flexibility index (Phi) is 5.11. The van der Waals surface area contributed by atoms with E-state index in [1.165, 1.54) is 75.1 Å². The minimum absolute atomic E-state index is 1.25. The minimum Gasteiger partial charge on any atom is -0.135 e. The van der Waals surface area contributed by atoms with Crippen LogP contribution in [-0.4, -0.2) is 0 Å². The highest BCUT2D eigenvalue weighted by Gasteiger charge is 2.20. The van der Waals surface area contributed by atoms with Gasteiger partial charge in [0.15, 0.2) is 0 Å². The zero-order valence-electron chi connectivity index (χ0n) is 21.3. The molecule has 0 aliphatic rings. The standard InChI is InChI=1S/C38H24S/c1-3-13-25(14-4-1)27-21-11-23-33-37-32(22-12-24-34(37)39-38(27)33)36-30-19-9-7-17-28(30)35(26-15-5-2-6-16-26)29-18-8-10-20-31(29)36/h1-24H. The first-order valence-corrected chi connectivity index (χ1v) is 14.2. The van der Waals surface area contributed by atoms with Crippen molar-refractivity contribution in [2.45, 2.75) is 0 Å². The molecular formula is C38H24S. The van der Waals surface area contributed by atoms with Crippen molar-refractivity contribution >= 4 is 53.1 Å². The van der Waals surface area contributed by atoms with Crippen molar-refractivity contribution in [1.82, 2.24) is 0 Å². The molecule has 0 radical (unpaired) electrons. The van der Waals surface area contributed by atoms with Gasteiger partial charge >= 0.3 is 0 Å². The van der Waals surface area contributed by atoms with E-state index in [9.17, 15) is 0 Å². The summed E-state index contributed by atoms with van der Waals surface area (Å²) in [4.78, 5) is 0. The smallest absolute Gasteiger partial charge is 0.0434 e. The molecule has 8 rings (SSSR count). The summed E-state index contributed by atoms with van der Waals surface area (Å²) in [6.45, 7) is 0. The molecular weight excluding hydrogens is 488 g/mol. The average Bonchev–Trinajstić information content (AvgIpc) is 3.40. The molecule has 0 saturated carbocycles. The van der Waals surface area contributed by atoms with Crippen LogP contribution in [0.5, 0.6) is 0 Å². The van der Waals surface area contributed by atoms with Crippen LogP contribution in [0.4, 0.5) is 0 Å². The molecule has 39 heavy (non-hydrogen) atoms. The Morgan fingerprint density at radius 3 is 1.46 bits per heavy atom. The summed E-state index contributed by atoms with van der Waals surface area (Å²) < 4.78 is 2.67. The van der Waals surface area contributed by atoms with Gasteiger partial charge in [-0.05, 0) is 61.0 Å². The van der Waals surface area contributed by atoms with E-state index in [1.807, 2.05) is 11.3 Å². The van der Waals surface area contributed by atoms with Gasteiger partial charge in [-0.1, -0.05) is 140 Å². The second kappa shape index (κ2) is 8.94. The Bertz CT molecular complexity index is 2090. The Labute approximate surface area is 231 Å². The molecule has 1 heterocycles. The maximum Gasteiger partial charge on any atom is 0.0434 e. The third kappa shape index (κ3) is 3.44. The molecule has 0 fully saturated rings. The lowest BCUT2D eigenvalue weighted by Gasteiger charge is -2.18. The van der Waals surface area contributed by atoms with E-state index in [1.54, 1.807) is 0 Å². The van der Waals surface area contributed by atoms with Crippen molar-refractivity contribution in [2.75, 3.05) is 0 Å². The van der Waals surface area contributed by atoms with Gasteiger partial charge in [-0.3, -0.25) is 0 Å². The van der Waals surface area contributed by atoms with E-state index < -0.39 is 0 Å². The van der Waals surface area contributed by atoms with E-state index in [4.69, 9.17) is 0 Å². The normalized spacial score (nSPS) is 11.6. The van der Waals surface area contributed by atoms with Gasteiger partial charge in [-0.15, -0.1) is 11.3 Å². The van der Waals surface area contributed by atoms with Gasteiger partial charge in [0.25, 0.3) is 0 Å². The number of hydrogen-bond donors (Lipinski definition) is 0. The van der Waals surface area contributed by atoms with Crippen molar-refractivity contribution < 1.29 is 0 Å². The molecule has 0 amide bonds. The number of benzene rings is 7. The Balaban J connectivity index is 1.52. The minimum atomic E-state index is 1.25. The van der Waals surface area contributed by atoms with Crippen molar-refractivity contribution in [3.8, 4) is 33.4 Å². The van der Waals surface area contributed by atoms with Crippen LogP contribution in [0.2, 0.25) is 0 Å². The molecule has 0 saturated heterocycles. The van der Waals surface area contributed by atoms with Crippen LogP contribution in [0.25, 0.3) is 75.1 Å². The number of thiophene rings is 1. The lowest BCUT2D eigenvalue weighted by Crippen LogP contribution is -1.91. The summed E-state index contributed by atoms with van der Waals surface area (Å²) >= 11 is 1.90. The maximum absolute atomic E-state index is 2.32. The van der Waals surface area contributed by atoms with Crippen LogP contribution in [0.1, 0.15) is 0 Å². The molecule has 1 aromatic heterocycles. The molecule has 8 aromatic rings. The molecule has 0 unspecified atom stereocenters. The molecule has 182 valence electrons. The second-order valence-corrected chi connectivity index (χ2v) is 11.1. The summed E-state index contributed by atoms with van der Waals surface area (Å²) in [7, 11) is 0. The third-order valence-corrected chi connectivity index (χ3v) is 9.07. The van der Waals surface area contributed by atoms with Gasteiger partial charge in [0.2, 0.25) is 0 Å². The highest BCUT2D eigenvalue weighted by atomic mass is 32.1. The van der Waals surface area contributed by atoms with Crippen LogP contribution in [-0.2, 0) is 0 Å². The number of rotatable bonds is 3. The zero-order valence-corrected chi connectivity index (χ0v) is 22.1. The van der Waals surface area contributed by atoms with Crippen molar-refractivity contribution in [3.63, 3.8) is 0 Å². The Morgan fingerprint density at radius 1 is 0.333 bits per heavy atom. The molecule has 0 nitrogen and oxygen atoms in total.